The Labute approximate surface area is 124 Å². The quantitative estimate of drug-likeness (QED) is 0.730. The Morgan fingerprint density at radius 2 is 2.05 bits per heavy atom. The van der Waals surface area contributed by atoms with Crippen molar-refractivity contribution in [2.75, 3.05) is 19.6 Å². The minimum absolute atomic E-state index is 0. The first-order valence-corrected chi connectivity index (χ1v) is 7.94. The Morgan fingerprint density at radius 1 is 1.26 bits per heavy atom. The summed E-state index contributed by atoms with van der Waals surface area (Å²) in [7, 11) is 0. The summed E-state index contributed by atoms with van der Waals surface area (Å²) >= 11 is 0. The summed E-state index contributed by atoms with van der Waals surface area (Å²) in [4.78, 5) is 0. The predicted octanol–water partition coefficient (Wildman–Crippen LogP) is 4.62. The first-order chi connectivity index (χ1) is 8.84. The molecule has 0 aromatic rings. The van der Waals surface area contributed by atoms with Gasteiger partial charge in [-0.2, -0.15) is 0 Å². The summed E-state index contributed by atoms with van der Waals surface area (Å²) < 4.78 is 0. The molecule has 0 bridgehead atoms. The van der Waals surface area contributed by atoms with Crippen molar-refractivity contribution < 1.29 is 2.85 Å². The lowest BCUT2D eigenvalue weighted by atomic mass is 9.90. The van der Waals surface area contributed by atoms with Gasteiger partial charge in [-0.15, -0.1) is 0 Å². The molecule has 1 heterocycles. The molecule has 2 heteroatoms. The number of allylic oxidation sites excluding steroid dienone is 2. The molecule has 1 unspecified atom stereocenters. The third-order valence-electron chi connectivity index (χ3n) is 3.98. The van der Waals surface area contributed by atoms with E-state index in [-0.39, 0.29) is 10.3 Å². The molecule has 0 aromatic carbocycles. The molecule has 2 aliphatic rings. The van der Waals surface area contributed by atoms with E-state index in [2.05, 4.69) is 23.6 Å². The Morgan fingerprint density at radius 3 is 2.63 bits per heavy atom. The van der Waals surface area contributed by atoms with Crippen molar-refractivity contribution in [2.45, 2.75) is 72.8 Å². The van der Waals surface area contributed by atoms with Gasteiger partial charge in [0.2, 0.25) is 0 Å². The second kappa shape index (κ2) is 11.5. The SMILES string of the molecule is C.CC.CC1=CC[C@@H](CNCC2CCCCN2)CC1.[HH].[HH]. The first kappa shape index (κ1) is 18.7. The molecule has 19 heavy (non-hydrogen) atoms. The minimum atomic E-state index is 0. The fourth-order valence-electron chi connectivity index (χ4n) is 2.76. The van der Waals surface area contributed by atoms with E-state index < -0.39 is 0 Å². The molecule has 0 aromatic heterocycles. The van der Waals surface area contributed by atoms with Crippen molar-refractivity contribution in [3.8, 4) is 0 Å². The van der Waals surface area contributed by atoms with Crippen LogP contribution >= 0.6 is 0 Å². The Bertz CT molecular complexity index is 239. The lowest BCUT2D eigenvalue weighted by Gasteiger charge is -2.26. The highest BCUT2D eigenvalue weighted by Crippen LogP contribution is 2.22. The number of hydrogen-bond donors (Lipinski definition) is 2. The number of hydrogen-bond acceptors (Lipinski definition) is 2. The van der Waals surface area contributed by atoms with Crippen LogP contribution in [0, 0.1) is 5.92 Å². The predicted molar refractivity (Wildman–Crippen MR) is 91.9 cm³/mol. The van der Waals surface area contributed by atoms with E-state index >= 15 is 0 Å². The van der Waals surface area contributed by atoms with Crippen molar-refractivity contribution in [1.29, 1.82) is 0 Å². The van der Waals surface area contributed by atoms with Gasteiger partial charge in [-0.05, 0) is 58.0 Å². The maximum atomic E-state index is 3.65. The van der Waals surface area contributed by atoms with Crippen LogP contribution in [0.5, 0.6) is 0 Å². The van der Waals surface area contributed by atoms with Crippen LogP contribution in [0.4, 0.5) is 0 Å². The van der Waals surface area contributed by atoms with E-state index in [0.29, 0.717) is 0 Å². The van der Waals surface area contributed by atoms with Crippen molar-refractivity contribution in [3.63, 3.8) is 0 Å². The number of piperidine rings is 1. The largest absolute Gasteiger partial charge is 0.315 e. The first-order valence-electron chi connectivity index (χ1n) is 7.94. The van der Waals surface area contributed by atoms with Gasteiger partial charge in [-0.25, -0.2) is 0 Å². The Kier molecular flexibility index (Phi) is 11.3. The topological polar surface area (TPSA) is 24.1 Å². The van der Waals surface area contributed by atoms with Crippen LogP contribution in [0.15, 0.2) is 11.6 Å². The van der Waals surface area contributed by atoms with Gasteiger partial charge >= 0.3 is 0 Å². The van der Waals surface area contributed by atoms with Crippen molar-refractivity contribution in [2.24, 2.45) is 5.92 Å². The number of rotatable bonds is 4. The highest BCUT2D eigenvalue weighted by molar-refractivity contribution is 5.03. The molecule has 1 aliphatic carbocycles. The standard InChI is InChI=1S/C14H26N2.C2H6.CH4.2H2/c1-12-5-7-13(8-6-12)10-15-11-14-4-2-3-9-16-14;1-2;;;/h5,13-16H,2-4,6-11H2,1H3;1-2H3;1H4;2*1H/t13-,14?;;;;/m1..../s1. The average Bonchev–Trinajstić information content (AvgIpc) is 2.44. The second-order valence-corrected chi connectivity index (χ2v) is 5.50. The summed E-state index contributed by atoms with van der Waals surface area (Å²) in [5, 5.41) is 7.24. The highest BCUT2D eigenvalue weighted by Gasteiger charge is 2.14. The lowest BCUT2D eigenvalue weighted by Crippen LogP contribution is -2.42. The molecular formula is C17H40N2. The molecule has 2 atom stereocenters. The molecule has 1 fully saturated rings. The summed E-state index contributed by atoms with van der Waals surface area (Å²) in [6.45, 7) is 9.86. The molecule has 2 N–H and O–H groups in total. The normalized spacial score (nSPS) is 26.6. The van der Waals surface area contributed by atoms with Gasteiger partial charge < -0.3 is 10.6 Å². The fourth-order valence-corrected chi connectivity index (χ4v) is 2.76. The van der Waals surface area contributed by atoms with Crippen molar-refractivity contribution in [3.05, 3.63) is 11.6 Å². The lowest BCUT2D eigenvalue weighted by molar-refractivity contribution is 0.361. The zero-order valence-corrected chi connectivity index (χ0v) is 12.6. The molecule has 0 radical (unpaired) electrons. The Hall–Kier alpha value is -0.340. The van der Waals surface area contributed by atoms with Crippen LogP contribution in [0.2, 0.25) is 0 Å². The zero-order chi connectivity index (χ0) is 13.2. The number of nitrogens with one attached hydrogen (secondary N) is 2. The van der Waals surface area contributed by atoms with Crippen LogP contribution in [0.3, 0.4) is 0 Å². The van der Waals surface area contributed by atoms with E-state index in [0.717, 1.165) is 12.0 Å². The van der Waals surface area contributed by atoms with Crippen molar-refractivity contribution >= 4 is 0 Å². The van der Waals surface area contributed by atoms with Crippen LogP contribution in [0.25, 0.3) is 0 Å². The van der Waals surface area contributed by atoms with E-state index in [9.17, 15) is 0 Å². The third kappa shape index (κ3) is 7.74. The van der Waals surface area contributed by atoms with Gasteiger partial charge in [-0.1, -0.05) is 39.3 Å². The summed E-state index contributed by atoms with van der Waals surface area (Å²) in [5.74, 6) is 0.882. The van der Waals surface area contributed by atoms with Crippen LogP contribution in [-0.4, -0.2) is 25.7 Å². The van der Waals surface area contributed by atoms with Gasteiger partial charge in [0.15, 0.2) is 0 Å². The average molecular weight is 273 g/mol. The minimum Gasteiger partial charge on any atom is -0.315 e. The van der Waals surface area contributed by atoms with E-state index in [4.69, 9.17) is 0 Å². The van der Waals surface area contributed by atoms with Gasteiger partial charge in [0.05, 0.1) is 0 Å². The summed E-state index contributed by atoms with van der Waals surface area (Å²) in [6, 6.07) is 0.731. The molecular weight excluding hydrogens is 232 g/mol. The Balaban J connectivity index is -0.000000621. The van der Waals surface area contributed by atoms with E-state index in [1.807, 2.05) is 13.8 Å². The van der Waals surface area contributed by atoms with Gasteiger partial charge in [-0.3, -0.25) is 0 Å². The highest BCUT2D eigenvalue weighted by atomic mass is 15.0. The summed E-state index contributed by atoms with van der Waals surface area (Å²) in [6.07, 6.45) is 10.5. The van der Waals surface area contributed by atoms with Gasteiger partial charge in [0.1, 0.15) is 0 Å². The smallest absolute Gasteiger partial charge is 0.0192 e. The molecule has 118 valence electrons. The molecule has 0 spiro atoms. The van der Waals surface area contributed by atoms with Crippen LogP contribution in [0.1, 0.15) is 69.6 Å². The van der Waals surface area contributed by atoms with Crippen molar-refractivity contribution in [1.82, 2.24) is 10.6 Å². The van der Waals surface area contributed by atoms with Crippen LogP contribution < -0.4 is 10.6 Å². The molecule has 2 nitrogen and oxygen atoms in total. The molecule has 0 amide bonds. The summed E-state index contributed by atoms with van der Waals surface area (Å²) in [5.41, 5.74) is 1.59. The van der Waals surface area contributed by atoms with Gasteiger partial charge in [0.25, 0.3) is 0 Å². The third-order valence-corrected chi connectivity index (χ3v) is 3.98. The van der Waals surface area contributed by atoms with Gasteiger partial charge in [0, 0.05) is 15.4 Å². The molecule has 1 saturated heterocycles. The molecule has 1 aliphatic heterocycles. The maximum Gasteiger partial charge on any atom is 0.0192 e. The molecule has 0 saturated carbocycles. The van der Waals surface area contributed by atoms with Crippen LogP contribution in [-0.2, 0) is 0 Å². The van der Waals surface area contributed by atoms with E-state index in [1.165, 1.54) is 58.2 Å². The zero-order valence-electron chi connectivity index (χ0n) is 12.6. The maximum absolute atomic E-state index is 3.65. The van der Waals surface area contributed by atoms with E-state index in [1.54, 1.807) is 5.57 Å². The monoisotopic (exact) mass is 272 g/mol. The molecule has 2 rings (SSSR count). The second-order valence-electron chi connectivity index (χ2n) is 5.50. The fraction of sp³-hybridized carbons (Fsp3) is 0.882.